The SMILES string of the molecule is CN(CCO)C(=O)OCC(F)(F)F. The summed E-state index contributed by atoms with van der Waals surface area (Å²) in [6, 6.07) is 0. The molecule has 1 amide bonds. The van der Waals surface area contributed by atoms with Gasteiger partial charge in [-0.05, 0) is 0 Å². The summed E-state index contributed by atoms with van der Waals surface area (Å²) in [5.41, 5.74) is 0. The Morgan fingerprint density at radius 2 is 2.08 bits per heavy atom. The first-order valence-corrected chi connectivity index (χ1v) is 3.42. The molecule has 0 atom stereocenters. The molecule has 1 N–H and O–H groups in total. The second kappa shape index (κ2) is 4.90. The average Bonchev–Trinajstić information content (AvgIpc) is 1.99. The molecular formula is C6H10F3NO3. The first kappa shape index (κ1) is 12.0. The standard InChI is InChI=1S/C6H10F3NO3/c1-10(2-3-11)5(12)13-4-6(7,8)9/h11H,2-4H2,1H3. The summed E-state index contributed by atoms with van der Waals surface area (Å²) >= 11 is 0. The van der Waals surface area contributed by atoms with Crippen LogP contribution in [0.25, 0.3) is 0 Å². The molecule has 13 heavy (non-hydrogen) atoms. The largest absolute Gasteiger partial charge is 0.440 e. The Morgan fingerprint density at radius 1 is 1.54 bits per heavy atom. The van der Waals surface area contributed by atoms with Crippen LogP contribution >= 0.6 is 0 Å². The van der Waals surface area contributed by atoms with Gasteiger partial charge in [0.1, 0.15) is 0 Å². The normalized spacial score (nSPS) is 11.2. The molecule has 0 aliphatic carbocycles. The molecule has 0 fully saturated rings. The maximum Gasteiger partial charge on any atom is 0.422 e. The van der Waals surface area contributed by atoms with E-state index in [2.05, 4.69) is 4.74 Å². The van der Waals surface area contributed by atoms with E-state index >= 15 is 0 Å². The molecule has 0 aliphatic rings. The summed E-state index contributed by atoms with van der Waals surface area (Å²) in [6.07, 6.45) is -5.62. The molecule has 0 spiro atoms. The number of aliphatic hydroxyl groups excluding tert-OH is 1. The van der Waals surface area contributed by atoms with E-state index in [4.69, 9.17) is 5.11 Å². The highest BCUT2D eigenvalue weighted by Crippen LogP contribution is 2.14. The van der Waals surface area contributed by atoms with Crippen molar-refractivity contribution in [1.82, 2.24) is 4.90 Å². The molecule has 7 heteroatoms. The van der Waals surface area contributed by atoms with Crippen molar-refractivity contribution in [2.45, 2.75) is 6.18 Å². The van der Waals surface area contributed by atoms with Crippen LogP contribution in [0.3, 0.4) is 0 Å². The second-order valence-corrected chi connectivity index (χ2v) is 2.31. The number of carbonyl (C=O) groups is 1. The maximum absolute atomic E-state index is 11.5. The van der Waals surface area contributed by atoms with E-state index in [-0.39, 0.29) is 13.2 Å². The van der Waals surface area contributed by atoms with Gasteiger partial charge in [0.05, 0.1) is 6.61 Å². The topological polar surface area (TPSA) is 49.8 Å². The van der Waals surface area contributed by atoms with Gasteiger partial charge in [-0.1, -0.05) is 0 Å². The van der Waals surface area contributed by atoms with E-state index < -0.39 is 18.9 Å². The monoisotopic (exact) mass is 201 g/mol. The van der Waals surface area contributed by atoms with Gasteiger partial charge >= 0.3 is 12.3 Å². The Bertz CT molecular complexity index is 171. The first-order chi connectivity index (χ1) is 5.87. The highest BCUT2D eigenvalue weighted by Gasteiger charge is 2.30. The summed E-state index contributed by atoms with van der Waals surface area (Å²) in [6.45, 7) is -1.99. The minimum absolute atomic E-state index is 0.0588. The summed E-state index contributed by atoms with van der Waals surface area (Å²) in [5, 5.41) is 8.34. The van der Waals surface area contributed by atoms with Crippen LogP contribution in [-0.2, 0) is 4.74 Å². The Morgan fingerprint density at radius 3 is 2.46 bits per heavy atom. The van der Waals surface area contributed by atoms with Crippen molar-refractivity contribution in [3.8, 4) is 0 Å². The third-order valence-corrected chi connectivity index (χ3v) is 1.11. The lowest BCUT2D eigenvalue weighted by atomic mass is 10.6. The number of amides is 1. The predicted molar refractivity (Wildman–Crippen MR) is 37.1 cm³/mol. The first-order valence-electron chi connectivity index (χ1n) is 3.42. The summed E-state index contributed by atoms with van der Waals surface area (Å²) in [4.78, 5) is 11.5. The van der Waals surface area contributed by atoms with Crippen molar-refractivity contribution in [3.05, 3.63) is 0 Å². The number of hydrogen-bond donors (Lipinski definition) is 1. The highest BCUT2D eigenvalue weighted by atomic mass is 19.4. The van der Waals surface area contributed by atoms with E-state index in [0.29, 0.717) is 0 Å². The van der Waals surface area contributed by atoms with Crippen LogP contribution in [0.1, 0.15) is 0 Å². The number of nitrogens with zero attached hydrogens (tertiary/aromatic N) is 1. The lowest BCUT2D eigenvalue weighted by molar-refractivity contribution is -0.162. The zero-order valence-electron chi connectivity index (χ0n) is 6.97. The van der Waals surface area contributed by atoms with Crippen molar-refractivity contribution < 1.29 is 27.8 Å². The summed E-state index contributed by atoms with van der Waals surface area (Å²) in [7, 11) is 1.23. The number of rotatable bonds is 3. The van der Waals surface area contributed by atoms with Crippen molar-refractivity contribution >= 4 is 6.09 Å². The fraction of sp³-hybridized carbons (Fsp3) is 0.833. The predicted octanol–water partition coefficient (Wildman–Crippen LogP) is 0.609. The Balaban J connectivity index is 3.74. The Kier molecular flexibility index (Phi) is 4.53. The van der Waals surface area contributed by atoms with Crippen LogP contribution < -0.4 is 0 Å². The van der Waals surface area contributed by atoms with Gasteiger partial charge in [-0.3, -0.25) is 0 Å². The number of carbonyl (C=O) groups excluding carboxylic acids is 1. The lowest BCUT2D eigenvalue weighted by Gasteiger charge is -2.16. The van der Waals surface area contributed by atoms with Gasteiger partial charge in [0.2, 0.25) is 0 Å². The molecule has 0 bridgehead atoms. The molecule has 0 aromatic carbocycles. The second-order valence-electron chi connectivity index (χ2n) is 2.31. The molecular weight excluding hydrogens is 191 g/mol. The number of alkyl halides is 3. The van der Waals surface area contributed by atoms with Crippen LogP contribution in [0.4, 0.5) is 18.0 Å². The molecule has 0 saturated carbocycles. The van der Waals surface area contributed by atoms with Gasteiger partial charge in [0.15, 0.2) is 6.61 Å². The Labute approximate surface area is 72.9 Å². The summed E-state index contributed by atoms with van der Waals surface area (Å²) < 4.78 is 38.4. The number of hydrogen-bond acceptors (Lipinski definition) is 3. The quantitative estimate of drug-likeness (QED) is 0.727. The molecule has 0 rings (SSSR count). The van der Waals surface area contributed by atoms with E-state index in [1.165, 1.54) is 7.05 Å². The molecule has 0 heterocycles. The number of aliphatic hydroxyl groups is 1. The highest BCUT2D eigenvalue weighted by molar-refractivity contribution is 5.67. The Hall–Kier alpha value is -0.980. The van der Waals surface area contributed by atoms with E-state index in [1.54, 1.807) is 0 Å². The zero-order valence-corrected chi connectivity index (χ0v) is 6.97. The number of ether oxygens (including phenoxy) is 1. The third-order valence-electron chi connectivity index (χ3n) is 1.11. The van der Waals surface area contributed by atoms with Crippen molar-refractivity contribution in [2.75, 3.05) is 26.8 Å². The zero-order chi connectivity index (χ0) is 10.5. The van der Waals surface area contributed by atoms with Gasteiger partial charge in [0.25, 0.3) is 0 Å². The maximum atomic E-state index is 11.5. The number of halogens is 3. The van der Waals surface area contributed by atoms with Gasteiger partial charge in [0, 0.05) is 13.6 Å². The molecule has 0 aliphatic heterocycles. The number of likely N-dealkylation sites (N-methyl/N-ethyl adjacent to an activating group) is 1. The van der Waals surface area contributed by atoms with Gasteiger partial charge in [-0.15, -0.1) is 0 Å². The van der Waals surface area contributed by atoms with Gasteiger partial charge < -0.3 is 14.7 Å². The van der Waals surface area contributed by atoms with Crippen LogP contribution in [0.2, 0.25) is 0 Å². The van der Waals surface area contributed by atoms with E-state index in [9.17, 15) is 18.0 Å². The molecule has 4 nitrogen and oxygen atoms in total. The molecule has 0 radical (unpaired) electrons. The van der Waals surface area contributed by atoms with Gasteiger partial charge in [-0.2, -0.15) is 13.2 Å². The van der Waals surface area contributed by atoms with Crippen LogP contribution in [0, 0.1) is 0 Å². The van der Waals surface area contributed by atoms with E-state index in [1.807, 2.05) is 0 Å². The molecule has 78 valence electrons. The fourth-order valence-corrected chi connectivity index (χ4v) is 0.495. The van der Waals surface area contributed by atoms with Gasteiger partial charge in [-0.25, -0.2) is 4.79 Å². The van der Waals surface area contributed by atoms with Crippen LogP contribution in [-0.4, -0.2) is 49.1 Å². The van der Waals surface area contributed by atoms with Crippen molar-refractivity contribution in [3.63, 3.8) is 0 Å². The van der Waals surface area contributed by atoms with Crippen molar-refractivity contribution in [1.29, 1.82) is 0 Å². The average molecular weight is 201 g/mol. The van der Waals surface area contributed by atoms with Crippen molar-refractivity contribution in [2.24, 2.45) is 0 Å². The van der Waals surface area contributed by atoms with E-state index in [0.717, 1.165) is 4.90 Å². The molecule has 0 saturated heterocycles. The van der Waals surface area contributed by atoms with Crippen LogP contribution in [0.5, 0.6) is 0 Å². The molecule has 0 aromatic rings. The molecule has 0 unspecified atom stereocenters. The lowest BCUT2D eigenvalue weighted by Crippen LogP contribution is -2.32. The third kappa shape index (κ3) is 6.21. The fourth-order valence-electron chi connectivity index (χ4n) is 0.495. The smallest absolute Gasteiger partial charge is 0.422 e. The van der Waals surface area contributed by atoms with Crippen LogP contribution in [0.15, 0.2) is 0 Å². The summed E-state index contributed by atoms with van der Waals surface area (Å²) in [5.74, 6) is 0. The minimum atomic E-state index is -4.52. The molecule has 0 aromatic heterocycles. The minimum Gasteiger partial charge on any atom is -0.440 e.